The van der Waals surface area contributed by atoms with E-state index in [1.54, 1.807) is 0 Å². The Balaban J connectivity index is 1.63. The summed E-state index contributed by atoms with van der Waals surface area (Å²) in [6, 6.07) is -0.225. The maximum absolute atomic E-state index is 11.5. The van der Waals surface area contributed by atoms with E-state index in [9.17, 15) is 4.79 Å². The number of nitrogens with zero attached hydrogens (tertiary/aromatic N) is 2. The van der Waals surface area contributed by atoms with Crippen LogP contribution in [0.1, 0.15) is 25.7 Å². The number of carbonyl (C=O) groups excluding carboxylic acids is 1. The van der Waals surface area contributed by atoms with Gasteiger partial charge in [0, 0.05) is 13.1 Å². The molecular weight excluding hydrogens is 190 g/mol. The van der Waals surface area contributed by atoms with Gasteiger partial charge in [0.1, 0.15) is 0 Å². The molecule has 0 aromatic carbocycles. The summed E-state index contributed by atoms with van der Waals surface area (Å²) < 4.78 is 0. The normalized spacial score (nSPS) is 27.9. The topological polar surface area (TPSA) is 49.6 Å². The highest BCUT2D eigenvalue weighted by molar-refractivity contribution is 5.83. The molecule has 4 nitrogen and oxygen atoms in total. The van der Waals surface area contributed by atoms with Crippen LogP contribution in [0.5, 0.6) is 0 Å². The van der Waals surface area contributed by atoms with Gasteiger partial charge in [0.2, 0.25) is 5.91 Å². The van der Waals surface area contributed by atoms with Crippen LogP contribution in [-0.2, 0) is 4.79 Å². The Hall–Kier alpha value is -0.610. The maximum atomic E-state index is 11.5. The monoisotopic (exact) mass is 211 g/mol. The molecule has 0 bridgehead atoms. The van der Waals surface area contributed by atoms with Crippen LogP contribution in [0.25, 0.3) is 0 Å². The molecule has 15 heavy (non-hydrogen) atoms. The predicted molar refractivity (Wildman–Crippen MR) is 59.5 cm³/mol. The van der Waals surface area contributed by atoms with Crippen molar-refractivity contribution in [3.63, 3.8) is 0 Å². The second-order valence-corrected chi connectivity index (χ2v) is 4.62. The van der Waals surface area contributed by atoms with Crippen LogP contribution in [0, 0.1) is 0 Å². The summed E-state index contributed by atoms with van der Waals surface area (Å²) in [4.78, 5) is 15.9. The molecule has 0 saturated carbocycles. The smallest absolute Gasteiger partial charge is 0.239 e. The lowest BCUT2D eigenvalue weighted by Crippen LogP contribution is -2.35. The molecule has 0 aromatic rings. The first-order valence-electron chi connectivity index (χ1n) is 6.04. The second-order valence-electron chi connectivity index (χ2n) is 4.62. The average Bonchev–Trinajstić information content (AvgIpc) is 2.83. The van der Waals surface area contributed by atoms with E-state index in [1.165, 1.54) is 25.9 Å². The van der Waals surface area contributed by atoms with Crippen molar-refractivity contribution >= 4 is 5.91 Å². The molecule has 0 aromatic heterocycles. The van der Waals surface area contributed by atoms with E-state index in [-0.39, 0.29) is 11.9 Å². The van der Waals surface area contributed by atoms with Gasteiger partial charge >= 0.3 is 0 Å². The molecule has 1 unspecified atom stereocenters. The van der Waals surface area contributed by atoms with Gasteiger partial charge in [0.15, 0.2) is 0 Å². The summed E-state index contributed by atoms with van der Waals surface area (Å²) in [5.41, 5.74) is 5.66. The molecule has 2 saturated heterocycles. The third kappa shape index (κ3) is 2.69. The molecule has 2 heterocycles. The van der Waals surface area contributed by atoms with Crippen LogP contribution in [0.3, 0.4) is 0 Å². The fourth-order valence-corrected chi connectivity index (χ4v) is 2.48. The second kappa shape index (κ2) is 4.94. The summed E-state index contributed by atoms with van der Waals surface area (Å²) in [5.74, 6) is 0.149. The number of carbonyl (C=O) groups is 1. The standard InChI is InChI=1S/C11H21N3O/c12-10-4-9-14(11(10)15)8-3-7-13-5-1-2-6-13/h10H,1-9,12H2. The fraction of sp³-hybridized carbons (Fsp3) is 0.909. The van der Waals surface area contributed by atoms with E-state index in [2.05, 4.69) is 4.90 Å². The van der Waals surface area contributed by atoms with Crippen molar-refractivity contribution < 1.29 is 4.79 Å². The lowest BCUT2D eigenvalue weighted by Gasteiger charge is -2.19. The Kier molecular flexibility index (Phi) is 3.59. The number of hydrogen-bond acceptors (Lipinski definition) is 3. The van der Waals surface area contributed by atoms with E-state index in [0.717, 1.165) is 32.5 Å². The number of rotatable bonds is 4. The molecule has 2 aliphatic heterocycles. The lowest BCUT2D eigenvalue weighted by atomic mass is 10.3. The van der Waals surface area contributed by atoms with E-state index in [1.807, 2.05) is 4.90 Å². The zero-order chi connectivity index (χ0) is 10.7. The largest absolute Gasteiger partial charge is 0.341 e. The third-order valence-electron chi connectivity index (χ3n) is 3.44. The molecule has 0 spiro atoms. The van der Waals surface area contributed by atoms with Crippen molar-refractivity contribution in [3.05, 3.63) is 0 Å². The van der Waals surface area contributed by atoms with Gasteiger partial charge < -0.3 is 15.5 Å². The lowest BCUT2D eigenvalue weighted by molar-refractivity contribution is -0.128. The highest BCUT2D eigenvalue weighted by Gasteiger charge is 2.27. The minimum absolute atomic E-state index is 0.149. The van der Waals surface area contributed by atoms with Crippen molar-refractivity contribution in [2.45, 2.75) is 31.7 Å². The first-order chi connectivity index (χ1) is 7.27. The molecule has 1 atom stereocenters. The van der Waals surface area contributed by atoms with Gasteiger partial charge in [-0.25, -0.2) is 0 Å². The zero-order valence-corrected chi connectivity index (χ0v) is 9.32. The molecule has 2 N–H and O–H groups in total. The maximum Gasteiger partial charge on any atom is 0.239 e. The van der Waals surface area contributed by atoms with Gasteiger partial charge in [-0.2, -0.15) is 0 Å². The Labute approximate surface area is 91.4 Å². The quantitative estimate of drug-likeness (QED) is 0.714. The fourth-order valence-electron chi connectivity index (χ4n) is 2.48. The van der Waals surface area contributed by atoms with Crippen molar-refractivity contribution in [2.24, 2.45) is 5.73 Å². The molecule has 1 amide bonds. The van der Waals surface area contributed by atoms with Crippen molar-refractivity contribution in [2.75, 3.05) is 32.7 Å². The van der Waals surface area contributed by atoms with Crippen LogP contribution in [0.4, 0.5) is 0 Å². The molecule has 2 fully saturated rings. The number of likely N-dealkylation sites (tertiary alicyclic amines) is 2. The van der Waals surface area contributed by atoms with E-state index in [4.69, 9.17) is 5.73 Å². The number of amides is 1. The first kappa shape index (κ1) is 10.9. The molecule has 2 rings (SSSR count). The molecule has 4 heteroatoms. The van der Waals surface area contributed by atoms with Crippen LogP contribution < -0.4 is 5.73 Å². The number of hydrogen-bond donors (Lipinski definition) is 1. The van der Waals surface area contributed by atoms with Crippen molar-refractivity contribution in [3.8, 4) is 0 Å². The van der Waals surface area contributed by atoms with Gasteiger partial charge in [-0.1, -0.05) is 0 Å². The Bertz CT molecular complexity index is 226. The Morgan fingerprint density at radius 1 is 1.20 bits per heavy atom. The summed E-state index contributed by atoms with van der Waals surface area (Å²) in [5, 5.41) is 0. The van der Waals surface area contributed by atoms with Crippen molar-refractivity contribution in [1.82, 2.24) is 9.80 Å². The van der Waals surface area contributed by atoms with Gasteiger partial charge in [-0.05, 0) is 45.3 Å². The van der Waals surface area contributed by atoms with Crippen LogP contribution in [0.2, 0.25) is 0 Å². The molecule has 86 valence electrons. The van der Waals surface area contributed by atoms with Gasteiger partial charge in [-0.3, -0.25) is 4.79 Å². The predicted octanol–water partition coefficient (Wildman–Crippen LogP) is 0.0319. The molecule has 0 radical (unpaired) electrons. The highest BCUT2D eigenvalue weighted by Crippen LogP contribution is 2.11. The summed E-state index contributed by atoms with van der Waals surface area (Å²) in [6.45, 7) is 5.38. The third-order valence-corrected chi connectivity index (χ3v) is 3.44. The van der Waals surface area contributed by atoms with Crippen molar-refractivity contribution in [1.29, 1.82) is 0 Å². The van der Waals surface area contributed by atoms with Gasteiger partial charge in [0.25, 0.3) is 0 Å². The van der Waals surface area contributed by atoms with Gasteiger partial charge in [0.05, 0.1) is 6.04 Å². The van der Waals surface area contributed by atoms with E-state index >= 15 is 0 Å². The summed E-state index contributed by atoms with van der Waals surface area (Å²) >= 11 is 0. The highest BCUT2D eigenvalue weighted by atomic mass is 16.2. The summed E-state index contributed by atoms with van der Waals surface area (Å²) in [7, 11) is 0. The average molecular weight is 211 g/mol. The molecule has 2 aliphatic rings. The van der Waals surface area contributed by atoms with Crippen LogP contribution >= 0.6 is 0 Å². The van der Waals surface area contributed by atoms with Crippen LogP contribution in [0.15, 0.2) is 0 Å². The Morgan fingerprint density at radius 2 is 1.93 bits per heavy atom. The molecular formula is C11H21N3O. The van der Waals surface area contributed by atoms with E-state index in [0.29, 0.717) is 0 Å². The van der Waals surface area contributed by atoms with E-state index < -0.39 is 0 Å². The minimum atomic E-state index is -0.225. The number of nitrogens with two attached hydrogens (primary N) is 1. The van der Waals surface area contributed by atoms with Crippen LogP contribution in [-0.4, -0.2) is 54.5 Å². The first-order valence-corrected chi connectivity index (χ1v) is 6.04. The molecule has 0 aliphatic carbocycles. The Morgan fingerprint density at radius 3 is 2.53 bits per heavy atom. The zero-order valence-electron chi connectivity index (χ0n) is 9.32. The summed E-state index contributed by atoms with van der Waals surface area (Å²) in [6.07, 6.45) is 4.61. The van der Waals surface area contributed by atoms with Gasteiger partial charge in [-0.15, -0.1) is 0 Å². The SMILES string of the molecule is NC1CCN(CCCN2CCCC2)C1=O. The minimum Gasteiger partial charge on any atom is -0.341 e.